The second-order valence-electron chi connectivity index (χ2n) is 9.04. The fourth-order valence-electron chi connectivity index (χ4n) is 5.19. The van der Waals surface area contributed by atoms with Gasteiger partial charge in [-0.05, 0) is 49.0 Å². The third kappa shape index (κ3) is 5.17. The first-order chi connectivity index (χ1) is 15.5. The van der Waals surface area contributed by atoms with Crippen LogP contribution in [-0.2, 0) is 9.59 Å². The molecule has 7 nitrogen and oxygen atoms in total. The molecule has 1 saturated carbocycles. The molecule has 0 atom stereocenters. The number of likely N-dealkylation sites (tertiary alicyclic amines) is 1. The van der Waals surface area contributed by atoms with Gasteiger partial charge in [-0.3, -0.25) is 19.7 Å². The molecule has 32 heavy (non-hydrogen) atoms. The molecule has 1 aromatic carbocycles. The Hall–Kier alpha value is -2.35. The van der Waals surface area contributed by atoms with Crippen LogP contribution < -0.4 is 0 Å². The SMILES string of the molecule is O=C(C=Cc1ccc([N+](=O)[O-])cc1)N1CCC2(CC1)SCCN2C(=O)CCC1CCCC1. The summed E-state index contributed by atoms with van der Waals surface area (Å²) in [5.74, 6) is 1.94. The summed E-state index contributed by atoms with van der Waals surface area (Å²) in [4.78, 5) is 39.8. The van der Waals surface area contributed by atoms with E-state index in [0.29, 0.717) is 25.4 Å². The number of benzene rings is 1. The molecule has 1 aromatic rings. The molecular weight excluding hydrogens is 426 g/mol. The van der Waals surface area contributed by atoms with Crippen LogP contribution in [0.4, 0.5) is 5.69 Å². The summed E-state index contributed by atoms with van der Waals surface area (Å²) in [5, 5.41) is 10.8. The van der Waals surface area contributed by atoms with E-state index in [4.69, 9.17) is 0 Å². The van der Waals surface area contributed by atoms with Gasteiger partial charge in [-0.25, -0.2) is 0 Å². The average Bonchev–Trinajstić information content (AvgIpc) is 3.47. The summed E-state index contributed by atoms with van der Waals surface area (Å²) in [6.07, 6.45) is 11.7. The van der Waals surface area contributed by atoms with Crippen molar-refractivity contribution in [1.29, 1.82) is 0 Å². The summed E-state index contributed by atoms with van der Waals surface area (Å²) in [5.41, 5.74) is 0.786. The van der Waals surface area contributed by atoms with Gasteiger partial charge >= 0.3 is 0 Å². The zero-order valence-corrected chi connectivity index (χ0v) is 19.2. The highest BCUT2D eigenvalue weighted by Gasteiger charge is 2.46. The highest BCUT2D eigenvalue weighted by molar-refractivity contribution is 8.00. The van der Waals surface area contributed by atoms with Gasteiger partial charge in [0.25, 0.3) is 5.69 Å². The third-order valence-electron chi connectivity index (χ3n) is 7.10. The van der Waals surface area contributed by atoms with Gasteiger partial charge < -0.3 is 9.80 Å². The van der Waals surface area contributed by atoms with Gasteiger partial charge in [0, 0.05) is 50.0 Å². The fourth-order valence-corrected chi connectivity index (χ4v) is 6.67. The van der Waals surface area contributed by atoms with Crippen molar-refractivity contribution in [3.63, 3.8) is 0 Å². The molecule has 1 aliphatic carbocycles. The van der Waals surface area contributed by atoms with Gasteiger partial charge in [0.1, 0.15) is 0 Å². The van der Waals surface area contributed by atoms with E-state index in [2.05, 4.69) is 4.90 Å². The molecule has 0 N–H and O–H groups in total. The number of piperidine rings is 1. The predicted molar refractivity (Wildman–Crippen MR) is 126 cm³/mol. The first kappa shape index (κ1) is 22.8. The highest BCUT2D eigenvalue weighted by Crippen LogP contribution is 2.44. The molecule has 4 rings (SSSR count). The number of hydrogen-bond donors (Lipinski definition) is 0. The van der Waals surface area contributed by atoms with Crippen molar-refractivity contribution in [2.24, 2.45) is 5.92 Å². The van der Waals surface area contributed by atoms with E-state index in [1.165, 1.54) is 43.9 Å². The molecule has 172 valence electrons. The smallest absolute Gasteiger partial charge is 0.269 e. The number of nitrogens with zero attached hydrogens (tertiary/aromatic N) is 3. The molecule has 1 spiro atoms. The van der Waals surface area contributed by atoms with Gasteiger partial charge in [0.2, 0.25) is 11.8 Å². The molecule has 0 bridgehead atoms. The van der Waals surface area contributed by atoms with Crippen molar-refractivity contribution in [2.75, 3.05) is 25.4 Å². The van der Waals surface area contributed by atoms with Gasteiger partial charge in [-0.2, -0.15) is 0 Å². The van der Waals surface area contributed by atoms with Crippen molar-refractivity contribution < 1.29 is 14.5 Å². The van der Waals surface area contributed by atoms with E-state index in [-0.39, 0.29) is 16.5 Å². The normalized spacial score (nSPS) is 21.0. The minimum absolute atomic E-state index is 0.0335. The molecule has 0 aromatic heterocycles. The van der Waals surface area contributed by atoms with Crippen molar-refractivity contribution in [3.8, 4) is 0 Å². The maximum Gasteiger partial charge on any atom is 0.269 e. The highest BCUT2D eigenvalue weighted by atomic mass is 32.2. The van der Waals surface area contributed by atoms with Crippen LogP contribution >= 0.6 is 11.8 Å². The predicted octanol–water partition coefficient (Wildman–Crippen LogP) is 4.47. The minimum Gasteiger partial charge on any atom is -0.339 e. The van der Waals surface area contributed by atoms with Crippen LogP contribution in [0.25, 0.3) is 6.08 Å². The van der Waals surface area contributed by atoms with Crippen LogP contribution in [-0.4, -0.2) is 56.8 Å². The Labute approximate surface area is 193 Å². The number of nitro groups is 1. The average molecular weight is 458 g/mol. The van der Waals surface area contributed by atoms with Crippen molar-refractivity contribution >= 4 is 35.3 Å². The topological polar surface area (TPSA) is 83.8 Å². The van der Waals surface area contributed by atoms with Gasteiger partial charge in [-0.1, -0.05) is 25.7 Å². The van der Waals surface area contributed by atoms with E-state index in [0.717, 1.165) is 43.0 Å². The van der Waals surface area contributed by atoms with Gasteiger partial charge in [-0.15, -0.1) is 11.8 Å². The van der Waals surface area contributed by atoms with Crippen LogP contribution in [0.5, 0.6) is 0 Å². The Kier molecular flexibility index (Phi) is 7.18. The minimum atomic E-state index is -0.438. The quantitative estimate of drug-likeness (QED) is 0.357. The number of carbonyl (C=O) groups excluding carboxylic acids is 2. The standard InChI is InChI=1S/C24H31N3O4S/c28-22(11-7-20-5-9-21(10-6-20)27(30)31)25-15-13-24(14-16-25)26(17-18-32-24)23(29)12-8-19-3-1-2-4-19/h5-7,9-11,19H,1-4,8,12-18H2. The van der Waals surface area contributed by atoms with E-state index in [1.54, 1.807) is 18.2 Å². The number of non-ortho nitro benzene ring substituents is 1. The summed E-state index contributed by atoms with van der Waals surface area (Å²) in [6, 6.07) is 6.14. The maximum atomic E-state index is 13.0. The number of amides is 2. The lowest BCUT2D eigenvalue weighted by Gasteiger charge is -2.44. The van der Waals surface area contributed by atoms with Gasteiger partial charge in [0.05, 0.1) is 9.79 Å². The molecule has 2 heterocycles. The lowest BCUT2D eigenvalue weighted by Crippen LogP contribution is -2.53. The number of nitro benzene ring substituents is 1. The van der Waals surface area contributed by atoms with Crippen LogP contribution in [0.3, 0.4) is 0 Å². The Morgan fingerprint density at radius 2 is 1.81 bits per heavy atom. The molecule has 3 fully saturated rings. The van der Waals surface area contributed by atoms with Crippen molar-refractivity contribution in [3.05, 3.63) is 46.0 Å². The van der Waals surface area contributed by atoms with Crippen LogP contribution in [0.15, 0.2) is 30.3 Å². The second kappa shape index (κ2) is 10.1. The van der Waals surface area contributed by atoms with Crippen LogP contribution in [0, 0.1) is 16.0 Å². The molecule has 0 radical (unpaired) electrons. The molecular formula is C24H31N3O4S. The number of carbonyl (C=O) groups is 2. The zero-order valence-electron chi connectivity index (χ0n) is 18.4. The second-order valence-corrected chi connectivity index (χ2v) is 10.5. The first-order valence-electron chi connectivity index (χ1n) is 11.6. The van der Waals surface area contributed by atoms with E-state index < -0.39 is 4.92 Å². The Morgan fingerprint density at radius 3 is 2.47 bits per heavy atom. The molecule has 2 saturated heterocycles. The first-order valence-corrected chi connectivity index (χ1v) is 12.6. The summed E-state index contributed by atoms with van der Waals surface area (Å²) >= 11 is 1.88. The molecule has 0 unspecified atom stereocenters. The molecule has 3 aliphatic rings. The Balaban J connectivity index is 1.29. The lowest BCUT2D eigenvalue weighted by molar-refractivity contribution is -0.384. The Bertz CT molecular complexity index is 872. The van der Waals surface area contributed by atoms with Crippen molar-refractivity contribution in [1.82, 2.24) is 9.80 Å². The van der Waals surface area contributed by atoms with Crippen LogP contribution in [0.2, 0.25) is 0 Å². The number of rotatable bonds is 6. The Morgan fingerprint density at radius 1 is 1.12 bits per heavy atom. The molecule has 2 aliphatic heterocycles. The third-order valence-corrected chi connectivity index (χ3v) is 8.65. The number of thioether (sulfide) groups is 1. The van der Waals surface area contributed by atoms with E-state index >= 15 is 0 Å². The monoisotopic (exact) mass is 457 g/mol. The fraction of sp³-hybridized carbons (Fsp3) is 0.583. The summed E-state index contributed by atoms with van der Waals surface area (Å²) in [6.45, 7) is 2.10. The van der Waals surface area contributed by atoms with E-state index in [9.17, 15) is 19.7 Å². The molecule has 2 amide bonds. The number of hydrogen-bond acceptors (Lipinski definition) is 5. The van der Waals surface area contributed by atoms with Crippen molar-refractivity contribution in [2.45, 2.75) is 56.2 Å². The summed E-state index contributed by atoms with van der Waals surface area (Å²) in [7, 11) is 0. The maximum absolute atomic E-state index is 13.0. The van der Waals surface area contributed by atoms with Crippen LogP contribution in [0.1, 0.15) is 56.9 Å². The summed E-state index contributed by atoms with van der Waals surface area (Å²) < 4.78 is 0. The molecule has 8 heteroatoms. The zero-order chi connectivity index (χ0) is 22.6. The van der Waals surface area contributed by atoms with Gasteiger partial charge in [0.15, 0.2) is 0 Å². The lowest BCUT2D eigenvalue weighted by atomic mass is 9.98. The largest absolute Gasteiger partial charge is 0.339 e. The van der Waals surface area contributed by atoms with E-state index in [1.807, 2.05) is 16.7 Å².